The van der Waals surface area contributed by atoms with Crippen molar-refractivity contribution < 1.29 is 9.84 Å². The van der Waals surface area contributed by atoms with Crippen LogP contribution in [0, 0.1) is 5.92 Å². The second-order valence-corrected chi connectivity index (χ2v) is 6.13. The zero-order valence-corrected chi connectivity index (χ0v) is 11.7. The van der Waals surface area contributed by atoms with Crippen LogP contribution >= 0.6 is 0 Å². The number of aliphatic hydroxyl groups is 1. The van der Waals surface area contributed by atoms with Crippen LogP contribution in [0.15, 0.2) is 24.3 Å². The first-order valence-corrected chi connectivity index (χ1v) is 7.46. The normalized spacial score (nSPS) is 30.2. The Morgan fingerprint density at radius 1 is 1.40 bits per heavy atom. The third-order valence-electron chi connectivity index (χ3n) is 4.88. The molecule has 1 aromatic carbocycles. The summed E-state index contributed by atoms with van der Waals surface area (Å²) in [6.45, 7) is 0. The maximum Gasteiger partial charge on any atom is 0.0729 e. The van der Waals surface area contributed by atoms with Crippen molar-refractivity contribution in [2.75, 3.05) is 0 Å². The first-order chi connectivity index (χ1) is 9.72. The number of nitrogens with zero attached hydrogens (tertiary/aromatic N) is 2. The van der Waals surface area contributed by atoms with E-state index in [1.807, 2.05) is 23.9 Å². The first kappa shape index (κ1) is 12.4. The zero-order chi connectivity index (χ0) is 13.7. The van der Waals surface area contributed by atoms with Gasteiger partial charge in [0.05, 0.1) is 29.5 Å². The number of benzene rings is 1. The van der Waals surface area contributed by atoms with Crippen molar-refractivity contribution in [3.8, 4) is 0 Å². The molecule has 4 rings (SSSR count). The number of aliphatic hydroxyl groups excluding tert-OH is 1. The molecule has 2 saturated heterocycles. The highest BCUT2D eigenvalue weighted by Gasteiger charge is 2.44. The third kappa shape index (κ3) is 1.86. The lowest BCUT2D eigenvalue weighted by atomic mass is 9.83. The zero-order valence-electron chi connectivity index (χ0n) is 11.7. The standard InChI is InChI=1S/C16H20N2O2/c1-18-14-5-3-2-4-11(14)13(17-18)9-15(19)12-8-10-6-7-16(12)20-10/h2-5,10,12,15-16,19H,6-9H2,1H3. The summed E-state index contributed by atoms with van der Waals surface area (Å²) in [6.07, 6.45) is 4.22. The van der Waals surface area contributed by atoms with Crippen LogP contribution in [0.3, 0.4) is 0 Å². The van der Waals surface area contributed by atoms with Crippen LogP contribution in [0.1, 0.15) is 25.0 Å². The van der Waals surface area contributed by atoms with Crippen LogP contribution < -0.4 is 0 Å². The molecule has 3 heterocycles. The van der Waals surface area contributed by atoms with E-state index in [2.05, 4.69) is 17.2 Å². The summed E-state index contributed by atoms with van der Waals surface area (Å²) in [4.78, 5) is 0. The average molecular weight is 272 g/mol. The van der Waals surface area contributed by atoms with Crippen molar-refractivity contribution in [2.24, 2.45) is 13.0 Å². The molecular weight excluding hydrogens is 252 g/mol. The molecule has 2 bridgehead atoms. The lowest BCUT2D eigenvalue weighted by Gasteiger charge is -2.23. The van der Waals surface area contributed by atoms with Crippen molar-refractivity contribution in [3.05, 3.63) is 30.0 Å². The molecule has 1 aromatic heterocycles. The molecule has 0 amide bonds. The smallest absolute Gasteiger partial charge is 0.0729 e. The van der Waals surface area contributed by atoms with Crippen LogP contribution in [0.2, 0.25) is 0 Å². The number of aromatic nitrogens is 2. The maximum absolute atomic E-state index is 10.6. The van der Waals surface area contributed by atoms with Gasteiger partial charge >= 0.3 is 0 Å². The largest absolute Gasteiger partial charge is 0.392 e. The topological polar surface area (TPSA) is 47.3 Å². The Labute approximate surface area is 118 Å². The van der Waals surface area contributed by atoms with Gasteiger partial charge in [-0.3, -0.25) is 4.68 Å². The van der Waals surface area contributed by atoms with Crippen molar-refractivity contribution in [3.63, 3.8) is 0 Å². The highest BCUT2D eigenvalue weighted by Crippen LogP contribution is 2.41. The quantitative estimate of drug-likeness (QED) is 0.930. The minimum absolute atomic E-state index is 0.268. The molecule has 4 heteroatoms. The molecule has 4 nitrogen and oxygen atoms in total. The number of ether oxygens (including phenoxy) is 1. The monoisotopic (exact) mass is 272 g/mol. The summed E-state index contributed by atoms with van der Waals surface area (Å²) >= 11 is 0. The third-order valence-corrected chi connectivity index (χ3v) is 4.88. The lowest BCUT2D eigenvalue weighted by molar-refractivity contribution is 0.0428. The molecule has 1 N–H and O–H groups in total. The van der Waals surface area contributed by atoms with E-state index in [0.717, 1.165) is 29.4 Å². The Morgan fingerprint density at radius 3 is 3.00 bits per heavy atom. The minimum Gasteiger partial charge on any atom is -0.392 e. The van der Waals surface area contributed by atoms with E-state index < -0.39 is 0 Å². The molecule has 0 saturated carbocycles. The van der Waals surface area contributed by atoms with Gasteiger partial charge in [0.1, 0.15) is 0 Å². The molecule has 2 aliphatic heterocycles. The number of para-hydroxylation sites is 1. The molecule has 2 aromatic rings. The van der Waals surface area contributed by atoms with Crippen molar-refractivity contribution >= 4 is 10.9 Å². The van der Waals surface area contributed by atoms with Gasteiger partial charge in [0.15, 0.2) is 0 Å². The highest BCUT2D eigenvalue weighted by atomic mass is 16.5. The predicted molar refractivity (Wildman–Crippen MR) is 76.4 cm³/mol. The Kier molecular flexibility index (Phi) is 2.82. The van der Waals surface area contributed by atoms with E-state index in [-0.39, 0.29) is 18.1 Å². The van der Waals surface area contributed by atoms with Gasteiger partial charge in [-0.15, -0.1) is 0 Å². The number of fused-ring (bicyclic) bond motifs is 3. The maximum atomic E-state index is 10.6. The Bertz CT molecular complexity index is 636. The lowest BCUT2D eigenvalue weighted by Crippen LogP contribution is -2.31. The van der Waals surface area contributed by atoms with Gasteiger partial charge in [-0.2, -0.15) is 5.10 Å². The van der Waals surface area contributed by atoms with Gasteiger partial charge in [0.2, 0.25) is 0 Å². The summed E-state index contributed by atoms with van der Waals surface area (Å²) in [7, 11) is 1.96. The van der Waals surface area contributed by atoms with Crippen LogP contribution in [0.5, 0.6) is 0 Å². The molecule has 0 spiro atoms. The fraction of sp³-hybridized carbons (Fsp3) is 0.562. The van der Waals surface area contributed by atoms with Crippen LogP contribution in [0.4, 0.5) is 0 Å². The molecule has 20 heavy (non-hydrogen) atoms. The molecule has 0 aliphatic carbocycles. The predicted octanol–water partition coefficient (Wildman–Crippen LogP) is 2.04. The number of hydrogen-bond acceptors (Lipinski definition) is 3. The second-order valence-electron chi connectivity index (χ2n) is 6.13. The summed E-state index contributed by atoms with van der Waals surface area (Å²) in [5.41, 5.74) is 2.12. The van der Waals surface area contributed by atoms with Gasteiger partial charge in [0, 0.05) is 24.8 Å². The van der Waals surface area contributed by atoms with Gasteiger partial charge in [-0.1, -0.05) is 18.2 Å². The molecule has 2 aliphatic rings. The average Bonchev–Trinajstić information content (AvgIpc) is 3.15. The molecule has 4 unspecified atom stereocenters. The van der Waals surface area contributed by atoms with Gasteiger partial charge < -0.3 is 9.84 Å². The van der Waals surface area contributed by atoms with Gasteiger partial charge in [0.25, 0.3) is 0 Å². The molecule has 4 atom stereocenters. The number of rotatable bonds is 3. The van der Waals surface area contributed by atoms with Crippen LogP contribution in [-0.2, 0) is 18.2 Å². The van der Waals surface area contributed by atoms with E-state index >= 15 is 0 Å². The second kappa shape index (κ2) is 4.57. The van der Waals surface area contributed by atoms with E-state index in [0.29, 0.717) is 12.5 Å². The van der Waals surface area contributed by atoms with E-state index in [9.17, 15) is 5.11 Å². The number of hydrogen-bond donors (Lipinski definition) is 1. The summed E-state index contributed by atoms with van der Waals surface area (Å²) < 4.78 is 7.75. The van der Waals surface area contributed by atoms with Crippen LogP contribution in [-0.4, -0.2) is 33.2 Å². The first-order valence-electron chi connectivity index (χ1n) is 7.46. The summed E-state index contributed by atoms with van der Waals surface area (Å²) in [5.74, 6) is 0.287. The Morgan fingerprint density at radius 2 is 2.25 bits per heavy atom. The van der Waals surface area contributed by atoms with Gasteiger partial charge in [-0.05, 0) is 25.3 Å². The Balaban J connectivity index is 1.58. The fourth-order valence-corrected chi connectivity index (χ4v) is 3.87. The molecule has 106 valence electrons. The summed E-state index contributed by atoms with van der Waals surface area (Å²) in [6, 6.07) is 8.20. The number of aryl methyl sites for hydroxylation is 1. The minimum atomic E-state index is -0.344. The Hall–Kier alpha value is -1.39. The SMILES string of the molecule is Cn1nc(CC(O)C2CC3CCC2O3)c2ccccc21. The van der Waals surface area contributed by atoms with E-state index in [1.54, 1.807) is 0 Å². The van der Waals surface area contributed by atoms with Crippen molar-refractivity contribution in [1.29, 1.82) is 0 Å². The van der Waals surface area contributed by atoms with Crippen molar-refractivity contribution in [2.45, 2.75) is 44.0 Å². The van der Waals surface area contributed by atoms with E-state index in [1.165, 1.54) is 6.42 Å². The molecule has 0 radical (unpaired) electrons. The van der Waals surface area contributed by atoms with E-state index in [4.69, 9.17) is 4.74 Å². The van der Waals surface area contributed by atoms with Gasteiger partial charge in [-0.25, -0.2) is 0 Å². The van der Waals surface area contributed by atoms with Crippen LogP contribution in [0.25, 0.3) is 10.9 Å². The molecule has 2 fully saturated rings. The highest BCUT2D eigenvalue weighted by molar-refractivity contribution is 5.81. The molecular formula is C16H20N2O2. The summed E-state index contributed by atoms with van der Waals surface area (Å²) in [5, 5.41) is 16.3. The van der Waals surface area contributed by atoms with Crippen molar-refractivity contribution in [1.82, 2.24) is 9.78 Å². The fourth-order valence-electron chi connectivity index (χ4n) is 3.87.